The Labute approximate surface area is 139 Å². The van der Waals surface area contributed by atoms with Crippen LogP contribution in [0.4, 0.5) is 13.2 Å². The molecule has 0 aliphatic carbocycles. The molecule has 1 aromatic rings. The van der Waals surface area contributed by atoms with Gasteiger partial charge in [0.2, 0.25) is 0 Å². The van der Waals surface area contributed by atoms with Crippen LogP contribution in [0.3, 0.4) is 0 Å². The van der Waals surface area contributed by atoms with E-state index in [1.165, 1.54) is 6.08 Å². The number of amides is 1. The highest BCUT2D eigenvalue weighted by Crippen LogP contribution is 2.32. The first kappa shape index (κ1) is 21.3. The second kappa shape index (κ2) is 9.42. The molecular weight excluding hydrogens is 333 g/mol. The number of alkyl halides is 3. The van der Waals surface area contributed by atoms with E-state index in [2.05, 4.69) is 17.2 Å². The lowest BCUT2D eigenvalue weighted by molar-refractivity contribution is -0.137. The van der Waals surface area contributed by atoms with E-state index in [-0.39, 0.29) is 42.9 Å². The molecule has 1 atom stereocenters. The van der Waals surface area contributed by atoms with Crippen LogP contribution in [0.5, 0.6) is 5.75 Å². The van der Waals surface area contributed by atoms with Gasteiger partial charge >= 0.3 is 6.18 Å². The molecule has 0 bridgehead atoms. The highest BCUT2D eigenvalue weighted by molar-refractivity contribution is 5.97. The zero-order chi connectivity index (χ0) is 16.8. The van der Waals surface area contributed by atoms with Crippen molar-refractivity contribution in [3.63, 3.8) is 0 Å². The first-order chi connectivity index (χ1) is 10.3. The second-order valence-corrected chi connectivity index (χ2v) is 4.71. The van der Waals surface area contributed by atoms with Gasteiger partial charge in [0.25, 0.3) is 5.91 Å². The van der Waals surface area contributed by atoms with Crippen LogP contribution < -0.4 is 15.4 Å². The molecular formula is C15H20ClF3N2O2. The summed E-state index contributed by atoms with van der Waals surface area (Å²) in [7, 11) is 1.72. The molecule has 0 fully saturated rings. The van der Waals surface area contributed by atoms with Crippen LogP contribution >= 0.6 is 12.4 Å². The van der Waals surface area contributed by atoms with Gasteiger partial charge in [0.05, 0.1) is 11.1 Å². The fourth-order valence-corrected chi connectivity index (χ4v) is 1.60. The summed E-state index contributed by atoms with van der Waals surface area (Å²) < 4.78 is 43.6. The minimum absolute atomic E-state index is 0. The lowest BCUT2D eigenvalue weighted by Gasteiger charge is -2.15. The molecule has 130 valence electrons. The predicted octanol–water partition coefficient (Wildman–Crippen LogP) is 3.03. The molecule has 4 nitrogen and oxygen atoms in total. The summed E-state index contributed by atoms with van der Waals surface area (Å²) in [5.74, 6) is -0.533. The Morgan fingerprint density at radius 3 is 2.61 bits per heavy atom. The largest absolute Gasteiger partial charge is 0.489 e. The van der Waals surface area contributed by atoms with Gasteiger partial charge in [0, 0.05) is 12.6 Å². The number of hydrogen-bond acceptors (Lipinski definition) is 3. The molecule has 8 heteroatoms. The zero-order valence-corrected chi connectivity index (χ0v) is 13.7. The fraction of sp³-hybridized carbons (Fsp3) is 0.400. The molecule has 0 saturated heterocycles. The summed E-state index contributed by atoms with van der Waals surface area (Å²) in [5, 5.41) is 5.49. The van der Waals surface area contributed by atoms with Crippen molar-refractivity contribution < 1.29 is 22.7 Å². The van der Waals surface area contributed by atoms with Gasteiger partial charge in [0.1, 0.15) is 12.4 Å². The van der Waals surface area contributed by atoms with Crippen LogP contribution in [-0.4, -0.2) is 32.1 Å². The van der Waals surface area contributed by atoms with Crippen molar-refractivity contribution >= 4 is 18.3 Å². The van der Waals surface area contributed by atoms with Crippen LogP contribution in [-0.2, 0) is 6.18 Å². The summed E-state index contributed by atoms with van der Waals surface area (Å²) in [6, 6.07) is 2.80. The smallest absolute Gasteiger partial charge is 0.416 e. The van der Waals surface area contributed by atoms with Crippen LogP contribution in [0.15, 0.2) is 30.9 Å². The monoisotopic (exact) mass is 352 g/mol. The van der Waals surface area contributed by atoms with Gasteiger partial charge in [-0.15, -0.1) is 12.4 Å². The van der Waals surface area contributed by atoms with Crippen molar-refractivity contribution in [3.05, 3.63) is 42.0 Å². The van der Waals surface area contributed by atoms with Gasteiger partial charge in [-0.2, -0.15) is 13.2 Å². The lowest BCUT2D eigenvalue weighted by atomic mass is 10.1. The summed E-state index contributed by atoms with van der Waals surface area (Å²) in [4.78, 5) is 12.1. The molecule has 1 rings (SSSR count). The normalized spacial score (nSPS) is 12.0. The van der Waals surface area contributed by atoms with Crippen molar-refractivity contribution in [2.45, 2.75) is 19.1 Å². The number of ether oxygens (including phenoxy) is 1. The average Bonchev–Trinajstić information content (AvgIpc) is 2.48. The fourth-order valence-electron chi connectivity index (χ4n) is 1.60. The number of benzene rings is 1. The maximum absolute atomic E-state index is 12.8. The highest BCUT2D eigenvalue weighted by Gasteiger charge is 2.32. The predicted molar refractivity (Wildman–Crippen MR) is 85.2 cm³/mol. The molecule has 0 aliphatic rings. The SMILES string of the molecule is C=CCOc1ccc(C(F)(F)F)cc1C(=O)NCC(C)NC.Cl. The molecule has 0 radical (unpaired) electrons. The molecule has 0 saturated carbocycles. The standard InChI is InChI=1S/C15H19F3N2O2.ClH/c1-4-7-22-13-6-5-11(15(16,17)18)8-12(13)14(21)20-9-10(2)19-3;/h4-6,8,10,19H,1,7,9H2,2-3H3,(H,20,21);1H. The van der Waals surface area contributed by atoms with Gasteiger partial charge in [-0.3, -0.25) is 4.79 Å². The summed E-state index contributed by atoms with van der Waals surface area (Å²) in [6.45, 7) is 5.68. The number of carbonyl (C=O) groups excluding carboxylic acids is 1. The Morgan fingerprint density at radius 2 is 2.09 bits per heavy atom. The summed E-state index contributed by atoms with van der Waals surface area (Å²) in [6.07, 6.45) is -3.08. The number of halogens is 4. The topological polar surface area (TPSA) is 50.4 Å². The third kappa shape index (κ3) is 6.50. The van der Waals surface area contributed by atoms with Crippen molar-refractivity contribution in [2.24, 2.45) is 0 Å². The minimum atomic E-state index is -4.52. The molecule has 0 heterocycles. The molecule has 1 aromatic carbocycles. The van der Waals surface area contributed by atoms with Gasteiger partial charge in [-0.25, -0.2) is 0 Å². The molecule has 2 N–H and O–H groups in total. The van der Waals surface area contributed by atoms with Gasteiger partial charge in [-0.05, 0) is 32.2 Å². The van der Waals surface area contributed by atoms with E-state index in [9.17, 15) is 18.0 Å². The Balaban J connectivity index is 0.00000484. The van der Waals surface area contributed by atoms with E-state index >= 15 is 0 Å². The number of hydrogen-bond donors (Lipinski definition) is 2. The first-order valence-corrected chi connectivity index (χ1v) is 6.70. The molecule has 0 spiro atoms. The molecule has 0 aliphatic heterocycles. The first-order valence-electron chi connectivity index (χ1n) is 6.70. The summed E-state index contributed by atoms with van der Waals surface area (Å²) >= 11 is 0. The Morgan fingerprint density at radius 1 is 1.43 bits per heavy atom. The average molecular weight is 353 g/mol. The molecule has 0 aromatic heterocycles. The van der Waals surface area contributed by atoms with Crippen LogP contribution in [0.25, 0.3) is 0 Å². The molecule has 1 amide bonds. The number of rotatable bonds is 7. The number of nitrogens with one attached hydrogen (secondary N) is 2. The van der Waals surface area contributed by atoms with Crippen LogP contribution in [0.1, 0.15) is 22.8 Å². The van der Waals surface area contributed by atoms with E-state index in [4.69, 9.17) is 4.74 Å². The molecule has 1 unspecified atom stereocenters. The third-order valence-corrected chi connectivity index (χ3v) is 2.97. The minimum Gasteiger partial charge on any atom is -0.489 e. The maximum atomic E-state index is 12.8. The van der Waals surface area contributed by atoms with Gasteiger partial charge < -0.3 is 15.4 Å². The Bertz CT molecular complexity index is 536. The lowest BCUT2D eigenvalue weighted by Crippen LogP contribution is -2.37. The van der Waals surface area contributed by atoms with E-state index in [0.29, 0.717) is 0 Å². The van der Waals surface area contributed by atoms with Crippen molar-refractivity contribution in [2.75, 3.05) is 20.2 Å². The Hall–Kier alpha value is -1.73. The van der Waals surface area contributed by atoms with Crippen molar-refractivity contribution in [3.8, 4) is 5.75 Å². The van der Waals surface area contributed by atoms with E-state index in [1.807, 2.05) is 6.92 Å². The van der Waals surface area contributed by atoms with Gasteiger partial charge in [0.15, 0.2) is 0 Å². The zero-order valence-electron chi connectivity index (χ0n) is 12.9. The number of carbonyl (C=O) groups is 1. The Kier molecular flexibility index (Phi) is 8.71. The van der Waals surface area contributed by atoms with Crippen LogP contribution in [0.2, 0.25) is 0 Å². The summed E-state index contributed by atoms with van der Waals surface area (Å²) in [5.41, 5.74) is -1.05. The van der Waals surface area contributed by atoms with E-state index < -0.39 is 17.6 Å². The quantitative estimate of drug-likeness (QED) is 0.742. The second-order valence-electron chi connectivity index (χ2n) is 4.71. The highest BCUT2D eigenvalue weighted by atomic mass is 35.5. The maximum Gasteiger partial charge on any atom is 0.416 e. The van der Waals surface area contributed by atoms with E-state index in [1.54, 1.807) is 7.05 Å². The van der Waals surface area contributed by atoms with Crippen molar-refractivity contribution in [1.29, 1.82) is 0 Å². The van der Waals surface area contributed by atoms with Crippen molar-refractivity contribution in [1.82, 2.24) is 10.6 Å². The third-order valence-electron chi connectivity index (χ3n) is 2.97. The van der Waals surface area contributed by atoms with Crippen LogP contribution in [0, 0.1) is 0 Å². The van der Waals surface area contributed by atoms with E-state index in [0.717, 1.165) is 18.2 Å². The molecule has 23 heavy (non-hydrogen) atoms. The van der Waals surface area contributed by atoms with Gasteiger partial charge in [-0.1, -0.05) is 12.7 Å². The number of likely N-dealkylation sites (N-methyl/N-ethyl adjacent to an activating group) is 1.